The van der Waals surface area contributed by atoms with E-state index < -0.39 is 23.5 Å². The van der Waals surface area contributed by atoms with Crippen LogP contribution in [0.15, 0.2) is 91.0 Å². The summed E-state index contributed by atoms with van der Waals surface area (Å²) < 4.78 is 11.6. The van der Waals surface area contributed by atoms with E-state index in [-0.39, 0.29) is 22.7 Å². The van der Waals surface area contributed by atoms with Crippen molar-refractivity contribution in [1.29, 1.82) is 0 Å². The Kier molecular flexibility index (Phi) is 6.31. The van der Waals surface area contributed by atoms with Gasteiger partial charge in [-0.3, -0.25) is 9.59 Å². The SMILES string of the molecule is Cc1ccc2c(c1)=C(OC(=O)c1ccccc1C)C(=O)C1=c3ccccc3=C(OC(=O)c3ccccc3C)C(=O)C=21. The number of fused-ring (bicyclic) bond motifs is 3. The van der Waals surface area contributed by atoms with Crippen molar-refractivity contribution in [3.05, 3.63) is 140 Å². The number of ether oxygens (including phenoxy) is 2. The monoisotopic (exact) mass is 540 g/mol. The molecule has 2 aliphatic rings. The summed E-state index contributed by atoms with van der Waals surface area (Å²) in [5.74, 6) is -2.84. The van der Waals surface area contributed by atoms with Gasteiger partial charge in [-0.25, -0.2) is 9.59 Å². The lowest BCUT2D eigenvalue weighted by atomic mass is 9.83. The molecule has 200 valence electrons. The number of benzene rings is 4. The van der Waals surface area contributed by atoms with Gasteiger partial charge in [0.05, 0.1) is 11.1 Å². The van der Waals surface area contributed by atoms with Gasteiger partial charge in [-0.05, 0) is 60.5 Å². The lowest BCUT2D eigenvalue weighted by molar-refractivity contribution is -0.112. The van der Waals surface area contributed by atoms with Crippen LogP contribution in [0, 0.1) is 20.8 Å². The molecule has 0 saturated heterocycles. The first kappa shape index (κ1) is 25.9. The molecule has 0 aliphatic heterocycles. The van der Waals surface area contributed by atoms with Crippen LogP contribution >= 0.6 is 0 Å². The molecule has 0 saturated carbocycles. The topological polar surface area (TPSA) is 86.7 Å². The standard InChI is InChI=1S/C35H24O6/c1-19-16-17-25-27(18-19)33(41-35(39)23-13-7-5-11-21(23)3)31(37)28-24-14-8-9-15-26(24)32(30(36)29(25)28)40-34(38)22-12-6-4-10-20(22)2/h4-18H,1-3H3. The predicted molar refractivity (Wildman–Crippen MR) is 153 cm³/mol. The lowest BCUT2D eigenvalue weighted by Crippen LogP contribution is -2.48. The van der Waals surface area contributed by atoms with Crippen molar-refractivity contribution < 1.29 is 28.7 Å². The van der Waals surface area contributed by atoms with E-state index in [2.05, 4.69) is 0 Å². The number of carbonyl (C=O) groups excluding carboxylic acids is 4. The second kappa shape index (κ2) is 9.99. The van der Waals surface area contributed by atoms with Gasteiger partial charge in [0, 0.05) is 21.6 Å². The van der Waals surface area contributed by atoms with Crippen LogP contribution in [0.25, 0.3) is 22.7 Å². The van der Waals surface area contributed by atoms with E-state index in [9.17, 15) is 19.2 Å². The van der Waals surface area contributed by atoms with Crippen molar-refractivity contribution in [3.8, 4) is 0 Å². The highest BCUT2D eigenvalue weighted by Gasteiger charge is 2.37. The van der Waals surface area contributed by atoms with Gasteiger partial charge in [0.25, 0.3) is 0 Å². The Morgan fingerprint density at radius 1 is 0.512 bits per heavy atom. The first-order valence-electron chi connectivity index (χ1n) is 13.1. The number of hydrogen-bond donors (Lipinski definition) is 0. The Labute approximate surface area is 235 Å². The van der Waals surface area contributed by atoms with E-state index in [0.29, 0.717) is 43.1 Å². The van der Waals surface area contributed by atoms with Gasteiger partial charge >= 0.3 is 11.9 Å². The van der Waals surface area contributed by atoms with Crippen molar-refractivity contribution in [2.75, 3.05) is 0 Å². The van der Waals surface area contributed by atoms with Gasteiger partial charge in [0.2, 0.25) is 11.6 Å². The molecule has 41 heavy (non-hydrogen) atoms. The third kappa shape index (κ3) is 4.30. The van der Waals surface area contributed by atoms with Gasteiger partial charge in [-0.1, -0.05) is 78.4 Å². The smallest absolute Gasteiger partial charge is 0.343 e. The quantitative estimate of drug-likeness (QED) is 0.370. The van der Waals surface area contributed by atoms with Crippen LogP contribution in [0.4, 0.5) is 0 Å². The molecule has 0 N–H and O–H groups in total. The van der Waals surface area contributed by atoms with Gasteiger partial charge < -0.3 is 9.47 Å². The number of rotatable bonds is 4. The molecule has 2 aliphatic carbocycles. The maximum absolute atomic E-state index is 14.1. The highest BCUT2D eigenvalue weighted by molar-refractivity contribution is 6.58. The summed E-state index contributed by atoms with van der Waals surface area (Å²) in [6.45, 7) is 5.41. The lowest BCUT2D eigenvalue weighted by Gasteiger charge is -2.23. The van der Waals surface area contributed by atoms with Crippen LogP contribution in [-0.2, 0) is 19.1 Å². The molecule has 6 nitrogen and oxygen atoms in total. The van der Waals surface area contributed by atoms with Crippen LogP contribution in [0.5, 0.6) is 0 Å². The van der Waals surface area contributed by atoms with Crippen molar-refractivity contribution in [2.45, 2.75) is 20.8 Å². The minimum atomic E-state index is -0.670. The van der Waals surface area contributed by atoms with Gasteiger partial charge in [0.15, 0.2) is 11.5 Å². The Morgan fingerprint density at radius 2 is 0.951 bits per heavy atom. The Morgan fingerprint density at radius 3 is 1.49 bits per heavy atom. The van der Waals surface area contributed by atoms with E-state index >= 15 is 0 Å². The number of hydrogen-bond acceptors (Lipinski definition) is 6. The molecule has 4 aromatic rings. The fourth-order valence-corrected chi connectivity index (χ4v) is 5.28. The fourth-order valence-electron chi connectivity index (χ4n) is 5.28. The van der Waals surface area contributed by atoms with E-state index in [4.69, 9.17) is 9.47 Å². The van der Waals surface area contributed by atoms with Crippen LogP contribution in [0.1, 0.15) is 37.4 Å². The third-order valence-corrected chi connectivity index (χ3v) is 7.37. The van der Waals surface area contributed by atoms with Crippen molar-refractivity contribution in [2.24, 2.45) is 0 Å². The van der Waals surface area contributed by atoms with Crippen LogP contribution in [-0.4, -0.2) is 23.5 Å². The zero-order chi connectivity index (χ0) is 28.8. The maximum Gasteiger partial charge on any atom is 0.343 e. The van der Waals surface area contributed by atoms with E-state index in [1.54, 1.807) is 86.6 Å². The van der Waals surface area contributed by atoms with Crippen molar-refractivity contribution in [3.63, 3.8) is 0 Å². The summed E-state index contributed by atoms with van der Waals surface area (Å²) >= 11 is 0. The second-order valence-corrected chi connectivity index (χ2v) is 10.1. The Hall–Kier alpha value is -5.36. The normalized spacial score (nSPS) is 13.8. The number of Topliss-reactive ketones (excluding diaryl/α,β-unsaturated/α-hetero) is 2. The number of ketones is 2. The summed E-state index contributed by atoms with van der Waals surface area (Å²) in [4.78, 5) is 54.7. The molecule has 0 amide bonds. The number of esters is 2. The summed E-state index contributed by atoms with van der Waals surface area (Å²) in [5.41, 5.74) is 3.10. The molecule has 0 bridgehead atoms. The van der Waals surface area contributed by atoms with Gasteiger partial charge in [-0.2, -0.15) is 0 Å². The summed E-state index contributed by atoms with van der Waals surface area (Å²) in [7, 11) is 0. The molecule has 4 aromatic carbocycles. The zero-order valence-corrected chi connectivity index (χ0v) is 22.6. The third-order valence-electron chi connectivity index (χ3n) is 7.37. The maximum atomic E-state index is 14.1. The summed E-state index contributed by atoms with van der Waals surface area (Å²) in [5, 5.41) is 1.47. The predicted octanol–water partition coefficient (Wildman–Crippen LogP) is 2.71. The van der Waals surface area contributed by atoms with E-state index in [0.717, 1.165) is 5.56 Å². The molecule has 6 heteroatoms. The van der Waals surface area contributed by atoms with Crippen molar-refractivity contribution in [1.82, 2.24) is 0 Å². The number of carbonyl (C=O) groups is 4. The van der Waals surface area contributed by atoms with Gasteiger partial charge in [-0.15, -0.1) is 0 Å². The first-order chi connectivity index (χ1) is 19.8. The zero-order valence-electron chi connectivity index (χ0n) is 22.6. The molecule has 0 unspecified atom stereocenters. The molecule has 0 fully saturated rings. The molecule has 6 rings (SSSR count). The fraction of sp³-hybridized carbons (Fsp3) is 0.0857. The van der Waals surface area contributed by atoms with Crippen LogP contribution in [0.2, 0.25) is 0 Å². The van der Waals surface area contributed by atoms with Crippen LogP contribution < -0.4 is 20.9 Å². The molecule has 0 spiro atoms. The number of aryl methyl sites for hydroxylation is 3. The molecular weight excluding hydrogens is 516 g/mol. The average molecular weight is 541 g/mol. The minimum Gasteiger partial charge on any atom is -0.418 e. The summed E-state index contributed by atoms with van der Waals surface area (Å²) in [6.07, 6.45) is 0. The Bertz CT molecular complexity index is 2100. The Balaban J connectivity index is 1.60. The average Bonchev–Trinajstić information content (AvgIpc) is 2.97. The minimum absolute atomic E-state index is 0.102. The molecule has 0 radical (unpaired) electrons. The molecular formula is C35H24O6. The van der Waals surface area contributed by atoms with E-state index in [1.165, 1.54) is 0 Å². The van der Waals surface area contributed by atoms with E-state index in [1.807, 2.05) is 25.1 Å². The molecule has 0 heterocycles. The van der Waals surface area contributed by atoms with Gasteiger partial charge in [0.1, 0.15) is 0 Å². The molecule has 0 aromatic heterocycles. The summed E-state index contributed by atoms with van der Waals surface area (Å²) in [6, 6.07) is 25.9. The highest BCUT2D eigenvalue weighted by Crippen LogP contribution is 2.27. The second-order valence-electron chi connectivity index (χ2n) is 10.1. The van der Waals surface area contributed by atoms with Crippen LogP contribution in [0.3, 0.4) is 0 Å². The van der Waals surface area contributed by atoms with Crippen molar-refractivity contribution >= 4 is 46.2 Å². The largest absolute Gasteiger partial charge is 0.418 e. The first-order valence-corrected chi connectivity index (χ1v) is 13.1. The molecule has 0 atom stereocenters. The highest BCUT2D eigenvalue weighted by atomic mass is 16.5.